The predicted molar refractivity (Wildman–Crippen MR) is 114 cm³/mol. The standard InChI is InChI=1S/C22H34N4O3.ClH/c1-5-16-6-8-18(9-7-16)25-20(27)15(4)24-21(28)17-10-12-26(13-11-17)22(29)19(23)14(2)3;/h6-9,14-15,17,19H,5,10-13,23H2,1-4H3,(H,24,28)(H,25,27);1H/p-1/t15-,19-;/m0./s1. The lowest BCUT2D eigenvalue weighted by Crippen LogP contribution is -3.00. The van der Waals surface area contributed by atoms with Gasteiger partial charge in [0.05, 0.1) is 6.04 Å². The number of nitrogens with zero attached hydrogens (tertiary/aromatic N) is 1. The monoisotopic (exact) mass is 437 g/mol. The quantitative estimate of drug-likeness (QED) is 0.504. The van der Waals surface area contributed by atoms with E-state index in [0.717, 1.165) is 6.42 Å². The lowest BCUT2D eigenvalue weighted by Gasteiger charge is -2.34. The number of benzene rings is 1. The Morgan fingerprint density at radius 2 is 1.67 bits per heavy atom. The van der Waals surface area contributed by atoms with E-state index in [4.69, 9.17) is 5.73 Å². The van der Waals surface area contributed by atoms with E-state index in [-0.39, 0.29) is 42.0 Å². The molecular formula is C22H34ClN4O3-. The number of likely N-dealkylation sites (tertiary alicyclic amines) is 1. The van der Waals surface area contributed by atoms with Gasteiger partial charge >= 0.3 is 0 Å². The van der Waals surface area contributed by atoms with E-state index in [9.17, 15) is 14.4 Å². The molecule has 168 valence electrons. The lowest BCUT2D eigenvalue weighted by molar-refractivity contribution is -0.137. The molecule has 0 aromatic heterocycles. The third-order valence-corrected chi connectivity index (χ3v) is 5.56. The van der Waals surface area contributed by atoms with E-state index < -0.39 is 12.1 Å². The zero-order valence-electron chi connectivity index (χ0n) is 18.3. The van der Waals surface area contributed by atoms with Crippen molar-refractivity contribution in [3.05, 3.63) is 29.8 Å². The van der Waals surface area contributed by atoms with Gasteiger partial charge in [0.1, 0.15) is 6.04 Å². The molecule has 1 heterocycles. The number of rotatable bonds is 7. The number of carbonyl (C=O) groups excluding carboxylic acids is 3. The first-order valence-electron chi connectivity index (χ1n) is 10.5. The Labute approximate surface area is 185 Å². The molecule has 4 N–H and O–H groups in total. The zero-order chi connectivity index (χ0) is 21.6. The Hall–Kier alpha value is -2.12. The topological polar surface area (TPSA) is 105 Å². The largest absolute Gasteiger partial charge is 1.00 e. The summed E-state index contributed by atoms with van der Waals surface area (Å²) in [6.45, 7) is 8.63. The molecule has 0 radical (unpaired) electrons. The summed E-state index contributed by atoms with van der Waals surface area (Å²) in [5, 5.41) is 5.62. The molecule has 0 spiro atoms. The molecule has 1 aliphatic rings. The second-order valence-electron chi connectivity index (χ2n) is 8.14. The fourth-order valence-electron chi connectivity index (χ4n) is 3.33. The summed E-state index contributed by atoms with van der Waals surface area (Å²) in [4.78, 5) is 39.0. The molecule has 1 aliphatic heterocycles. The van der Waals surface area contributed by atoms with Gasteiger partial charge in [-0.2, -0.15) is 0 Å². The molecule has 2 rings (SSSR count). The van der Waals surface area contributed by atoms with Gasteiger partial charge in [-0.15, -0.1) is 0 Å². The zero-order valence-corrected chi connectivity index (χ0v) is 19.0. The van der Waals surface area contributed by atoms with Crippen molar-refractivity contribution in [1.29, 1.82) is 0 Å². The van der Waals surface area contributed by atoms with Crippen molar-refractivity contribution in [2.45, 2.75) is 59.0 Å². The van der Waals surface area contributed by atoms with E-state index in [0.29, 0.717) is 31.6 Å². The first-order chi connectivity index (χ1) is 13.7. The highest BCUT2D eigenvalue weighted by molar-refractivity contribution is 5.97. The molecule has 7 nitrogen and oxygen atoms in total. The lowest BCUT2D eigenvalue weighted by atomic mass is 9.94. The van der Waals surface area contributed by atoms with Crippen LogP contribution in [0.15, 0.2) is 24.3 Å². The van der Waals surface area contributed by atoms with Gasteiger partial charge in [-0.05, 0) is 49.8 Å². The van der Waals surface area contributed by atoms with Crippen LogP contribution in [0.1, 0.15) is 46.1 Å². The van der Waals surface area contributed by atoms with Crippen LogP contribution in [0.4, 0.5) is 5.69 Å². The molecule has 30 heavy (non-hydrogen) atoms. The molecule has 8 heteroatoms. The number of aryl methyl sites for hydroxylation is 1. The van der Waals surface area contributed by atoms with Crippen LogP contribution in [0.3, 0.4) is 0 Å². The summed E-state index contributed by atoms with van der Waals surface area (Å²) in [7, 11) is 0. The first kappa shape index (κ1) is 25.9. The van der Waals surface area contributed by atoms with Crippen molar-refractivity contribution >= 4 is 23.4 Å². The van der Waals surface area contributed by atoms with Crippen LogP contribution < -0.4 is 28.8 Å². The molecule has 0 bridgehead atoms. The molecule has 2 atom stereocenters. The Kier molecular flexibility index (Phi) is 10.3. The van der Waals surface area contributed by atoms with Crippen molar-refractivity contribution in [3.8, 4) is 0 Å². The summed E-state index contributed by atoms with van der Waals surface area (Å²) in [5.41, 5.74) is 7.86. The predicted octanol–water partition coefficient (Wildman–Crippen LogP) is -1.08. The Balaban J connectivity index is 0.00000450. The van der Waals surface area contributed by atoms with Gasteiger partial charge in [-0.3, -0.25) is 14.4 Å². The minimum Gasteiger partial charge on any atom is -1.00 e. The number of amides is 3. The fourth-order valence-corrected chi connectivity index (χ4v) is 3.33. The number of nitrogens with two attached hydrogens (primary N) is 1. The summed E-state index contributed by atoms with van der Waals surface area (Å²) < 4.78 is 0. The molecule has 0 aliphatic carbocycles. The molecule has 3 amide bonds. The van der Waals surface area contributed by atoms with Gasteiger partial charge in [0.15, 0.2) is 0 Å². The second kappa shape index (κ2) is 11.9. The average Bonchev–Trinajstić information content (AvgIpc) is 2.73. The maximum atomic E-state index is 12.5. The van der Waals surface area contributed by atoms with Gasteiger partial charge in [0.2, 0.25) is 17.7 Å². The van der Waals surface area contributed by atoms with Crippen LogP contribution >= 0.6 is 0 Å². The van der Waals surface area contributed by atoms with Crippen LogP contribution in [-0.4, -0.2) is 47.8 Å². The summed E-state index contributed by atoms with van der Waals surface area (Å²) in [5.74, 6) is -0.567. The van der Waals surface area contributed by atoms with Crippen molar-refractivity contribution in [2.24, 2.45) is 17.6 Å². The van der Waals surface area contributed by atoms with Crippen molar-refractivity contribution in [2.75, 3.05) is 18.4 Å². The number of carbonyl (C=O) groups is 3. The molecule has 0 saturated carbocycles. The summed E-state index contributed by atoms with van der Waals surface area (Å²) in [6, 6.07) is 6.52. The van der Waals surface area contributed by atoms with Crippen molar-refractivity contribution < 1.29 is 26.8 Å². The van der Waals surface area contributed by atoms with Crippen molar-refractivity contribution in [3.63, 3.8) is 0 Å². The van der Waals surface area contributed by atoms with Gasteiger partial charge in [0, 0.05) is 24.7 Å². The molecule has 1 saturated heterocycles. The number of hydrogen-bond acceptors (Lipinski definition) is 4. The SMILES string of the molecule is CCc1ccc(NC(=O)[C@H](C)NC(=O)C2CCN(C(=O)[C@@H](N)C(C)C)CC2)cc1.[Cl-]. The number of anilines is 1. The third-order valence-electron chi connectivity index (χ3n) is 5.56. The van der Waals surface area contributed by atoms with E-state index >= 15 is 0 Å². The maximum absolute atomic E-state index is 12.5. The first-order valence-corrected chi connectivity index (χ1v) is 10.5. The Bertz CT molecular complexity index is 716. The number of hydrogen-bond donors (Lipinski definition) is 3. The smallest absolute Gasteiger partial charge is 0.246 e. The molecule has 1 fully saturated rings. The molecule has 0 unspecified atom stereocenters. The minimum absolute atomic E-state index is 0. The molecular weight excluding hydrogens is 404 g/mol. The van der Waals surface area contributed by atoms with Gasteiger partial charge < -0.3 is 33.7 Å². The maximum Gasteiger partial charge on any atom is 0.246 e. The van der Waals surface area contributed by atoms with Crippen LogP contribution in [0.5, 0.6) is 0 Å². The normalized spacial score (nSPS) is 16.4. The fraction of sp³-hybridized carbons (Fsp3) is 0.591. The van der Waals surface area contributed by atoms with Crippen LogP contribution in [0.2, 0.25) is 0 Å². The van der Waals surface area contributed by atoms with Gasteiger partial charge in [-0.1, -0.05) is 32.9 Å². The van der Waals surface area contributed by atoms with E-state index in [2.05, 4.69) is 17.6 Å². The number of nitrogens with one attached hydrogen (secondary N) is 2. The highest BCUT2D eigenvalue weighted by atomic mass is 35.5. The average molecular weight is 438 g/mol. The number of piperidine rings is 1. The van der Waals surface area contributed by atoms with Crippen molar-refractivity contribution in [1.82, 2.24) is 10.2 Å². The van der Waals surface area contributed by atoms with Crippen LogP contribution in [0, 0.1) is 11.8 Å². The number of halogens is 1. The summed E-state index contributed by atoms with van der Waals surface area (Å²) in [6.07, 6.45) is 2.10. The second-order valence-corrected chi connectivity index (χ2v) is 8.14. The Morgan fingerprint density at radius 1 is 1.10 bits per heavy atom. The van der Waals surface area contributed by atoms with Gasteiger partial charge in [0.25, 0.3) is 0 Å². The summed E-state index contributed by atoms with van der Waals surface area (Å²) >= 11 is 0. The van der Waals surface area contributed by atoms with Crippen LogP contribution in [0.25, 0.3) is 0 Å². The van der Waals surface area contributed by atoms with E-state index in [1.165, 1.54) is 5.56 Å². The minimum atomic E-state index is -0.637. The highest BCUT2D eigenvalue weighted by Crippen LogP contribution is 2.19. The van der Waals surface area contributed by atoms with Gasteiger partial charge in [-0.25, -0.2) is 0 Å². The molecule has 1 aromatic rings. The molecule has 1 aromatic carbocycles. The van der Waals surface area contributed by atoms with E-state index in [1.807, 2.05) is 38.1 Å². The highest BCUT2D eigenvalue weighted by Gasteiger charge is 2.31. The van der Waals surface area contributed by atoms with E-state index in [1.54, 1.807) is 11.8 Å². The Morgan fingerprint density at radius 3 is 2.17 bits per heavy atom. The third kappa shape index (κ3) is 6.99. The van der Waals surface area contributed by atoms with Crippen LogP contribution in [-0.2, 0) is 20.8 Å².